The van der Waals surface area contributed by atoms with Crippen molar-refractivity contribution in [1.29, 1.82) is 0 Å². The number of likely N-dealkylation sites (tertiary alicyclic amines) is 1. The molecule has 1 saturated heterocycles. The Morgan fingerprint density at radius 3 is 2.62 bits per heavy atom. The summed E-state index contributed by atoms with van der Waals surface area (Å²) in [5.41, 5.74) is 6.26. The van der Waals surface area contributed by atoms with Crippen LogP contribution in [0.5, 0.6) is 0 Å². The lowest BCUT2D eigenvalue weighted by Crippen LogP contribution is -2.35. The van der Waals surface area contributed by atoms with E-state index in [-0.39, 0.29) is 5.43 Å². The normalized spacial score (nSPS) is 28.0. The van der Waals surface area contributed by atoms with E-state index in [2.05, 4.69) is 63.6 Å². The third-order valence-corrected chi connectivity index (χ3v) is 6.64. The van der Waals surface area contributed by atoms with E-state index < -0.39 is 0 Å². The molecule has 26 heavy (non-hydrogen) atoms. The quantitative estimate of drug-likeness (QED) is 0.838. The van der Waals surface area contributed by atoms with E-state index in [0.29, 0.717) is 16.9 Å². The van der Waals surface area contributed by atoms with Crippen molar-refractivity contribution >= 4 is 10.9 Å². The molecular formula is C23H32N2O. The molecule has 2 aromatic rings. The molecule has 0 radical (unpaired) electrons. The fraction of sp³-hybridized carbons (Fsp3) is 0.609. The maximum atomic E-state index is 13.3. The van der Waals surface area contributed by atoms with Crippen molar-refractivity contribution in [3.63, 3.8) is 0 Å². The Morgan fingerprint density at radius 2 is 1.88 bits per heavy atom. The molecular weight excluding hydrogens is 320 g/mol. The molecule has 1 aromatic carbocycles. The van der Waals surface area contributed by atoms with Gasteiger partial charge in [0.1, 0.15) is 0 Å². The van der Waals surface area contributed by atoms with Crippen LogP contribution in [0.15, 0.2) is 16.9 Å². The van der Waals surface area contributed by atoms with E-state index >= 15 is 0 Å². The van der Waals surface area contributed by atoms with Gasteiger partial charge in [0.05, 0.1) is 5.52 Å². The van der Waals surface area contributed by atoms with Gasteiger partial charge in [0.2, 0.25) is 0 Å². The van der Waals surface area contributed by atoms with Crippen LogP contribution in [0, 0.1) is 31.6 Å². The van der Waals surface area contributed by atoms with Crippen LogP contribution in [0.4, 0.5) is 0 Å². The fourth-order valence-electron chi connectivity index (χ4n) is 6.12. The zero-order chi connectivity index (χ0) is 18.9. The molecule has 140 valence electrons. The predicted molar refractivity (Wildman–Crippen MR) is 109 cm³/mol. The van der Waals surface area contributed by atoms with Gasteiger partial charge in [0.25, 0.3) is 0 Å². The molecule has 2 aliphatic rings. The second-order valence-electron chi connectivity index (χ2n) is 10.2. The number of nitrogens with zero attached hydrogens (tertiary/aromatic N) is 1. The third-order valence-electron chi connectivity index (χ3n) is 6.64. The Morgan fingerprint density at radius 1 is 1.15 bits per heavy atom. The molecule has 0 spiro atoms. The summed E-state index contributed by atoms with van der Waals surface area (Å²) in [5, 5.41) is 0.866. The molecule has 2 fully saturated rings. The van der Waals surface area contributed by atoms with E-state index in [1.807, 2.05) is 0 Å². The number of rotatable bonds is 2. The number of H-pyrrole nitrogens is 1. The Kier molecular flexibility index (Phi) is 3.89. The van der Waals surface area contributed by atoms with Crippen molar-refractivity contribution in [2.75, 3.05) is 6.54 Å². The molecule has 0 amide bonds. The van der Waals surface area contributed by atoms with Gasteiger partial charge >= 0.3 is 0 Å². The minimum Gasteiger partial charge on any atom is -0.358 e. The van der Waals surface area contributed by atoms with Gasteiger partial charge in [-0.3, -0.25) is 9.69 Å². The van der Waals surface area contributed by atoms with Crippen molar-refractivity contribution in [2.45, 2.75) is 73.4 Å². The first-order valence-electron chi connectivity index (χ1n) is 9.94. The zero-order valence-corrected chi connectivity index (χ0v) is 17.1. The predicted octanol–water partition coefficient (Wildman–Crippen LogP) is 4.85. The molecule has 4 rings (SSSR count). The molecule has 1 N–H and O–H groups in total. The van der Waals surface area contributed by atoms with Gasteiger partial charge in [-0.05, 0) is 68.1 Å². The summed E-state index contributed by atoms with van der Waals surface area (Å²) in [5.74, 6) is 0. The van der Waals surface area contributed by atoms with E-state index in [0.717, 1.165) is 40.8 Å². The highest BCUT2D eigenvalue weighted by Gasteiger charge is 2.49. The topological polar surface area (TPSA) is 36.1 Å². The first-order chi connectivity index (χ1) is 12.1. The number of benzene rings is 1. The van der Waals surface area contributed by atoms with Crippen molar-refractivity contribution in [2.24, 2.45) is 10.8 Å². The van der Waals surface area contributed by atoms with E-state index in [1.54, 1.807) is 0 Å². The number of aryl methyl sites for hydroxylation is 3. The highest BCUT2D eigenvalue weighted by Crippen LogP contribution is 2.52. The average Bonchev–Trinajstić information content (AvgIpc) is 2.70. The lowest BCUT2D eigenvalue weighted by molar-refractivity contribution is 0.126. The fourth-order valence-corrected chi connectivity index (χ4v) is 6.12. The van der Waals surface area contributed by atoms with Crippen LogP contribution in [0.25, 0.3) is 10.9 Å². The van der Waals surface area contributed by atoms with Gasteiger partial charge in [0, 0.05) is 35.8 Å². The smallest absolute Gasteiger partial charge is 0.194 e. The standard InChI is InChI=1S/C23H32N2O/c1-14-7-15(2)20-19(8-14)24-16(3)18(21(20)26)11-25-13-23(6)10-17(25)9-22(4,5)12-23/h7-8,17H,9-13H2,1-6H3,(H,24,26)/t17-,23+/m0/s1. The molecule has 0 unspecified atom stereocenters. The van der Waals surface area contributed by atoms with Crippen molar-refractivity contribution in [3.8, 4) is 0 Å². The van der Waals surface area contributed by atoms with Crippen LogP contribution in [-0.4, -0.2) is 22.5 Å². The van der Waals surface area contributed by atoms with Gasteiger partial charge in [-0.1, -0.05) is 26.8 Å². The molecule has 3 nitrogen and oxygen atoms in total. The Bertz CT molecular complexity index is 939. The second kappa shape index (κ2) is 5.69. The Hall–Kier alpha value is -1.61. The number of aromatic nitrogens is 1. The molecule has 1 aliphatic carbocycles. The van der Waals surface area contributed by atoms with Crippen LogP contribution in [0.3, 0.4) is 0 Å². The number of hydrogen-bond acceptors (Lipinski definition) is 2. The van der Waals surface area contributed by atoms with Crippen LogP contribution in [0.2, 0.25) is 0 Å². The van der Waals surface area contributed by atoms with Gasteiger partial charge in [-0.25, -0.2) is 0 Å². The third kappa shape index (κ3) is 2.90. The summed E-state index contributed by atoms with van der Waals surface area (Å²) in [7, 11) is 0. The lowest BCUT2D eigenvalue weighted by atomic mass is 9.65. The van der Waals surface area contributed by atoms with E-state index in [9.17, 15) is 4.79 Å². The van der Waals surface area contributed by atoms with Crippen LogP contribution in [0.1, 0.15) is 62.4 Å². The summed E-state index contributed by atoms with van der Waals surface area (Å²) in [6.45, 7) is 15.3. The molecule has 1 aliphatic heterocycles. The number of hydrogen-bond donors (Lipinski definition) is 1. The van der Waals surface area contributed by atoms with Crippen molar-refractivity contribution in [1.82, 2.24) is 9.88 Å². The monoisotopic (exact) mass is 352 g/mol. The summed E-state index contributed by atoms with van der Waals surface area (Å²) in [6.07, 6.45) is 3.81. The van der Waals surface area contributed by atoms with Crippen molar-refractivity contribution in [3.05, 3.63) is 44.7 Å². The van der Waals surface area contributed by atoms with Crippen molar-refractivity contribution < 1.29 is 0 Å². The first kappa shape index (κ1) is 17.8. The number of pyridine rings is 1. The van der Waals surface area contributed by atoms with Gasteiger partial charge in [-0.2, -0.15) is 0 Å². The summed E-state index contributed by atoms with van der Waals surface area (Å²) >= 11 is 0. The maximum absolute atomic E-state index is 13.3. The highest BCUT2D eigenvalue weighted by molar-refractivity contribution is 5.83. The van der Waals surface area contributed by atoms with Crippen LogP contribution < -0.4 is 5.43 Å². The Labute approximate surface area is 156 Å². The molecule has 3 heteroatoms. The SMILES string of the molecule is Cc1cc(C)c2c(=O)c(CN3C[C@]4(C)C[C@@H]3CC(C)(C)C4)c(C)[nH]c2c1. The summed E-state index contributed by atoms with van der Waals surface area (Å²) in [4.78, 5) is 19.4. The van der Waals surface area contributed by atoms with Gasteiger partial charge in [-0.15, -0.1) is 0 Å². The van der Waals surface area contributed by atoms with E-state index in [1.165, 1.54) is 24.8 Å². The number of fused-ring (bicyclic) bond motifs is 3. The molecule has 1 saturated carbocycles. The largest absolute Gasteiger partial charge is 0.358 e. The molecule has 2 heterocycles. The maximum Gasteiger partial charge on any atom is 0.194 e. The minimum absolute atomic E-state index is 0.222. The minimum atomic E-state index is 0.222. The highest BCUT2D eigenvalue weighted by atomic mass is 16.1. The Balaban J connectivity index is 1.74. The average molecular weight is 353 g/mol. The molecule has 1 aromatic heterocycles. The number of aromatic amines is 1. The van der Waals surface area contributed by atoms with Crippen LogP contribution >= 0.6 is 0 Å². The van der Waals surface area contributed by atoms with Gasteiger partial charge < -0.3 is 4.98 Å². The molecule has 2 bridgehead atoms. The van der Waals surface area contributed by atoms with Crippen LogP contribution in [-0.2, 0) is 6.54 Å². The second-order valence-corrected chi connectivity index (χ2v) is 10.2. The van der Waals surface area contributed by atoms with Gasteiger partial charge in [0.15, 0.2) is 5.43 Å². The summed E-state index contributed by atoms with van der Waals surface area (Å²) in [6, 6.07) is 4.81. The lowest BCUT2D eigenvalue weighted by Gasteiger charge is -2.40. The number of nitrogens with one attached hydrogen (secondary N) is 1. The zero-order valence-electron chi connectivity index (χ0n) is 17.1. The summed E-state index contributed by atoms with van der Waals surface area (Å²) < 4.78 is 0. The first-order valence-corrected chi connectivity index (χ1v) is 9.94. The van der Waals surface area contributed by atoms with E-state index in [4.69, 9.17) is 0 Å². The molecule has 2 atom stereocenters.